The summed E-state index contributed by atoms with van der Waals surface area (Å²) >= 11 is 0. The Kier molecular flexibility index (Phi) is 10.3. The van der Waals surface area contributed by atoms with Crippen molar-refractivity contribution in [2.45, 2.75) is 89.2 Å². The third-order valence-electron chi connectivity index (χ3n) is 9.70. The maximum Gasteiger partial charge on any atom is 0.257 e. The summed E-state index contributed by atoms with van der Waals surface area (Å²) in [4.78, 5) is 16.0. The molecular weight excluding hydrogens is 624 g/mol. The first-order chi connectivity index (χ1) is 24.1. The standard InChI is InChI=1S/C35H44N10O4/c1-3-46-12-13-48-34-32(19-44(42-34)28-6-8-29(9-7-28)45-30-10-11-31(45)21-47-20-30)41-35-38-16-27(17-39-35)25-4-5-26(15-36)33(14-25)49-24(2)18-43-23-37-22-40-43/h4-5,14,16-17,19,22-24,28-31H,3,6-13,18,20-21H2,1-2H3,(H,38,39,41)/t24-,28?,29?,30-,31+/m0/s1. The van der Waals surface area contributed by atoms with Gasteiger partial charge in [-0.25, -0.2) is 19.6 Å². The van der Waals surface area contributed by atoms with Gasteiger partial charge in [0.2, 0.25) is 5.95 Å². The molecule has 0 amide bonds. The lowest BCUT2D eigenvalue weighted by molar-refractivity contribution is -0.0458. The fraction of sp³-hybridized carbons (Fsp3) is 0.543. The molecule has 258 valence electrons. The van der Waals surface area contributed by atoms with Crippen LogP contribution in [0.1, 0.15) is 64.0 Å². The summed E-state index contributed by atoms with van der Waals surface area (Å²) < 4.78 is 27.3. The Morgan fingerprint density at radius 3 is 2.47 bits per heavy atom. The van der Waals surface area contributed by atoms with Crippen LogP contribution >= 0.6 is 0 Å². The second-order valence-corrected chi connectivity index (χ2v) is 13.0. The third kappa shape index (κ3) is 7.69. The van der Waals surface area contributed by atoms with Crippen molar-refractivity contribution < 1.29 is 18.9 Å². The second kappa shape index (κ2) is 15.3. The number of nitrogens with zero attached hydrogens (tertiary/aromatic N) is 9. The van der Waals surface area contributed by atoms with E-state index in [4.69, 9.17) is 24.0 Å². The van der Waals surface area contributed by atoms with Gasteiger partial charge >= 0.3 is 0 Å². The second-order valence-electron chi connectivity index (χ2n) is 13.0. The van der Waals surface area contributed by atoms with Gasteiger partial charge in [0.05, 0.1) is 44.2 Å². The average molecular weight is 669 g/mol. The monoisotopic (exact) mass is 668 g/mol. The molecule has 1 aromatic carbocycles. The Bertz CT molecular complexity index is 1680. The summed E-state index contributed by atoms with van der Waals surface area (Å²) in [6, 6.07) is 9.77. The molecular formula is C35H44N10O4. The van der Waals surface area contributed by atoms with Gasteiger partial charge in [-0.3, -0.25) is 9.58 Å². The van der Waals surface area contributed by atoms with Crippen LogP contribution in [0.25, 0.3) is 11.1 Å². The number of hydrogen-bond donors (Lipinski definition) is 1. The molecule has 5 heterocycles. The maximum absolute atomic E-state index is 9.68. The summed E-state index contributed by atoms with van der Waals surface area (Å²) in [7, 11) is 0. The molecule has 0 spiro atoms. The number of benzene rings is 1. The average Bonchev–Trinajstić information content (AvgIpc) is 3.85. The molecule has 0 unspecified atom stereocenters. The van der Waals surface area contributed by atoms with Crippen LogP contribution in [0, 0.1) is 11.3 Å². The molecule has 14 heteroatoms. The van der Waals surface area contributed by atoms with E-state index < -0.39 is 0 Å². The summed E-state index contributed by atoms with van der Waals surface area (Å²) in [6.45, 7) is 7.66. The molecule has 49 heavy (non-hydrogen) atoms. The first-order valence-corrected chi connectivity index (χ1v) is 17.4. The molecule has 3 aliphatic rings. The van der Waals surface area contributed by atoms with Gasteiger partial charge in [0.1, 0.15) is 42.9 Å². The van der Waals surface area contributed by atoms with Gasteiger partial charge in [0.25, 0.3) is 5.88 Å². The molecule has 3 fully saturated rings. The number of aromatic nitrogens is 7. The Morgan fingerprint density at radius 1 is 1.00 bits per heavy atom. The Balaban J connectivity index is 1.02. The fourth-order valence-electron chi connectivity index (χ4n) is 7.37. The van der Waals surface area contributed by atoms with Gasteiger partial charge in [-0.1, -0.05) is 6.07 Å². The van der Waals surface area contributed by atoms with Crippen LogP contribution in [0.2, 0.25) is 0 Å². The molecule has 3 aromatic heterocycles. The molecule has 2 aliphatic heterocycles. The minimum absolute atomic E-state index is 0.229. The lowest BCUT2D eigenvalue weighted by Gasteiger charge is -2.43. The number of morpholine rings is 1. The Hall–Kier alpha value is -4.58. The molecule has 2 bridgehead atoms. The number of rotatable bonds is 14. The Morgan fingerprint density at radius 2 is 1.76 bits per heavy atom. The highest BCUT2D eigenvalue weighted by Gasteiger charge is 2.42. The van der Waals surface area contributed by atoms with Crippen LogP contribution in [0.15, 0.2) is 49.4 Å². The molecule has 3 atom stereocenters. The maximum atomic E-state index is 9.68. The van der Waals surface area contributed by atoms with E-state index in [0.29, 0.717) is 79.4 Å². The van der Waals surface area contributed by atoms with Gasteiger partial charge in [-0.2, -0.15) is 10.4 Å². The predicted molar refractivity (Wildman–Crippen MR) is 181 cm³/mol. The summed E-state index contributed by atoms with van der Waals surface area (Å²) in [6.07, 6.45) is 15.4. The third-order valence-corrected chi connectivity index (χ3v) is 9.70. The van der Waals surface area contributed by atoms with Crippen LogP contribution in [0.5, 0.6) is 11.6 Å². The lowest BCUT2D eigenvalue weighted by Crippen LogP contribution is -2.52. The van der Waals surface area contributed by atoms with Gasteiger partial charge in [-0.15, -0.1) is 5.10 Å². The highest BCUT2D eigenvalue weighted by molar-refractivity contribution is 5.67. The molecule has 1 saturated carbocycles. The first kappa shape index (κ1) is 32.9. The van der Waals surface area contributed by atoms with Crippen molar-refractivity contribution in [1.29, 1.82) is 5.26 Å². The van der Waals surface area contributed by atoms with Crippen molar-refractivity contribution in [3.63, 3.8) is 0 Å². The van der Waals surface area contributed by atoms with Gasteiger partial charge in [0.15, 0.2) is 0 Å². The minimum Gasteiger partial charge on any atom is -0.487 e. The minimum atomic E-state index is -0.229. The van der Waals surface area contributed by atoms with Crippen LogP contribution in [-0.4, -0.2) is 96.7 Å². The van der Waals surface area contributed by atoms with Crippen molar-refractivity contribution >= 4 is 11.6 Å². The van der Waals surface area contributed by atoms with Crippen molar-refractivity contribution in [2.24, 2.45) is 0 Å². The Labute approximate surface area is 286 Å². The zero-order chi connectivity index (χ0) is 33.6. The number of ether oxygens (including phenoxy) is 4. The predicted octanol–water partition coefficient (Wildman–Crippen LogP) is 4.78. The quantitative estimate of drug-likeness (QED) is 0.184. The number of hydrogen-bond acceptors (Lipinski definition) is 12. The number of fused-ring (bicyclic) bond motifs is 2. The highest BCUT2D eigenvalue weighted by atomic mass is 16.5. The lowest BCUT2D eigenvalue weighted by atomic mass is 9.89. The molecule has 1 N–H and O–H groups in total. The molecule has 4 aromatic rings. The van der Waals surface area contributed by atoms with Crippen molar-refractivity contribution in [3.8, 4) is 28.8 Å². The zero-order valence-corrected chi connectivity index (χ0v) is 28.1. The van der Waals surface area contributed by atoms with Crippen molar-refractivity contribution in [3.05, 3.63) is 55.0 Å². The van der Waals surface area contributed by atoms with E-state index in [1.165, 1.54) is 19.2 Å². The number of anilines is 2. The summed E-state index contributed by atoms with van der Waals surface area (Å²) in [5.74, 6) is 1.42. The smallest absolute Gasteiger partial charge is 0.257 e. The topological polar surface area (TPSA) is 150 Å². The SMILES string of the molecule is CCOCCOc1nn(C2CCC(N3[C@@H]4CC[C@H]3COC4)CC2)cc1Nc1ncc(-c2ccc(C#N)c(O[C@@H](C)Cn3cncn3)c2)cn1. The largest absolute Gasteiger partial charge is 0.487 e. The van der Waals surface area contributed by atoms with E-state index in [9.17, 15) is 5.26 Å². The van der Waals surface area contributed by atoms with Crippen LogP contribution in [0.4, 0.5) is 11.6 Å². The number of nitrogens with one attached hydrogen (secondary N) is 1. The molecule has 14 nitrogen and oxygen atoms in total. The number of nitriles is 1. The summed E-state index contributed by atoms with van der Waals surface area (Å²) in [5, 5.41) is 22.0. The van der Waals surface area contributed by atoms with Crippen LogP contribution in [-0.2, 0) is 16.0 Å². The van der Waals surface area contributed by atoms with E-state index in [-0.39, 0.29) is 6.10 Å². The van der Waals surface area contributed by atoms with Gasteiger partial charge in [0, 0.05) is 42.7 Å². The van der Waals surface area contributed by atoms with E-state index in [1.54, 1.807) is 29.5 Å². The van der Waals surface area contributed by atoms with Crippen molar-refractivity contribution in [1.82, 2.24) is 39.4 Å². The van der Waals surface area contributed by atoms with E-state index >= 15 is 0 Å². The van der Waals surface area contributed by atoms with Gasteiger partial charge in [-0.05, 0) is 70.1 Å². The molecule has 2 saturated heterocycles. The van der Waals surface area contributed by atoms with E-state index in [2.05, 4.69) is 41.0 Å². The van der Waals surface area contributed by atoms with E-state index in [1.807, 2.05) is 32.2 Å². The van der Waals surface area contributed by atoms with E-state index in [0.717, 1.165) is 50.0 Å². The van der Waals surface area contributed by atoms with Crippen LogP contribution in [0.3, 0.4) is 0 Å². The summed E-state index contributed by atoms with van der Waals surface area (Å²) in [5.41, 5.74) is 2.79. The first-order valence-electron chi connectivity index (χ1n) is 17.4. The normalized spacial score (nSPS) is 22.8. The molecule has 0 radical (unpaired) electrons. The zero-order valence-electron chi connectivity index (χ0n) is 28.1. The highest BCUT2D eigenvalue weighted by Crippen LogP contribution is 2.39. The van der Waals surface area contributed by atoms with Crippen LogP contribution < -0.4 is 14.8 Å². The fourth-order valence-corrected chi connectivity index (χ4v) is 7.37. The van der Waals surface area contributed by atoms with Crippen molar-refractivity contribution in [2.75, 3.05) is 38.4 Å². The molecule has 7 rings (SSSR count). The van der Waals surface area contributed by atoms with Gasteiger partial charge < -0.3 is 24.3 Å². The molecule has 1 aliphatic carbocycles.